The average Bonchev–Trinajstić information content (AvgIpc) is 3.45. The summed E-state index contributed by atoms with van der Waals surface area (Å²) in [5.74, 6) is -2.49. The molecule has 0 bridgehead atoms. The van der Waals surface area contributed by atoms with Crippen LogP contribution in [0.15, 0.2) is 43.0 Å². The van der Waals surface area contributed by atoms with Gasteiger partial charge in [-0.15, -0.1) is 0 Å². The molecule has 0 spiro atoms. The highest BCUT2D eigenvalue weighted by Crippen LogP contribution is 2.32. The van der Waals surface area contributed by atoms with Gasteiger partial charge in [0.05, 0.1) is 41.9 Å². The van der Waals surface area contributed by atoms with Crippen LogP contribution in [-0.4, -0.2) is 66.7 Å². The molecule has 12 heteroatoms. The third-order valence-electron chi connectivity index (χ3n) is 6.11. The largest absolute Gasteiger partial charge is 0.465 e. The van der Waals surface area contributed by atoms with Crippen molar-refractivity contribution < 1.29 is 28.2 Å². The van der Waals surface area contributed by atoms with Crippen molar-refractivity contribution in [2.45, 2.75) is 19.4 Å². The first-order valence-corrected chi connectivity index (χ1v) is 11.1. The molecule has 1 unspecified atom stereocenters. The smallest absolute Gasteiger partial charge is 0.407 e. The molecule has 1 fully saturated rings. The number of imidazole rings is 2. The van der Waals surface area contributed by atoms with Gasteiger partial charge < -0.3 is 29.4 Å². The number of primary amides is 1. The Kier molecular flexibility index (Phi) is 5.88. The highest BCUT2D eigenvalue weighted by molar-refractivity contribution is 5.90. The highest BCUT2D eigenvalue weighted by Gasteiger charge is 2.28. The van der Waals surface area contributed by atoms with Crippen molar-refractivity contribution in [1.82, 2.24) is 23.8 Å². The number of carbonyl (C=O) groups is 2. The molecule has 36 heavy (non-hydrogen) atoms. The quantitative estimate of drug-likeness (QED) is 0.437. The molecule has 1 aliphatic rings. The lowest BCUT2D eigenvalue weighted by Gasteiger charge is -2.31. The minimum atomic E-state index is -1.05. The van der Waals surface area contributed by atoms with Gasteiger partial charge in [-0.3, -0.25) is 4.79 Å². The monoisotopic (exact) mass is 496 g/mol. The van der Waals surface area contributed by atoms with Crippen molar-refractivity contribution in [3.05, 3.63) is 71.6 Å². The number of hydrogen-bond acceptors (Lipinski definition) is 5. The normalized spacial score (nSPS) is 16.0. The maximum Gasteiger partial charge on any atom is 0.407 e. The number of morpholine rings is 1. The van der Waals surface area contributed by atoms with Gasteiger partial charge in [-0.1, -0.05) is 0 Å². The fraction of sp³-hybridized carbons (Fsp3) is 0.250. The predicted molar refractivity (Wildman–Crippen MR) is 124 cm³/mol. The van der Waals surface area contributed by atoms with E-state index < -0.39 is 29.7 Å². The Balaban J connectivity index is 1.58. The van der Waals surface area contributed by atoms with Crippen LogP contribution in [0.25, 0.3) is 22.6 Å². The molecule has 1 aromatic carbocycles. The number of halogens is 2. The van der Waals surface area contributed by atoms with E-state index in [4.69, 9.17) is 10.5 Å². The number of pyridine rings is 1. The summed E-state index contributed by atoms with van der Waals surface area (Å²) in [6, 6.07) is 5.87. The van der Waals surface area contributed by atoms with Crippen molar-refractivity contribution in [3.63, 3.8) is 0 Å². The van der Waals surface area contributed by atoms with E-state index in [2.05, 4.69) is 9.97 Å². The zero-order chi connectivity index (χ0) is 25.6. The molecule has 4 heterocycles. The van der Waals surface area contributed by atoms with Gasteiger partial charge in [0.2, 0.25) is 0 Å². The fourth-order valence-corrected chi connectivity index (χ4v) is 4.35. The number of amides is 2. The maximum atomic E-state index is 15.5. The van der Waals surface area contributed by atoms with Crippen molar-refractivity contribution in [2.75, 3.05) is 19.7 Å². The average molecular weight is 496 g/mol. The first-order valence-electron chi connectivity index (χ1n) is 11.1. The first kappa shape index (κ1) is 23.4. The van der Waals surface area contributed by atoms with Gasteiger partial charge in [0.1, 0.15) is 29.3 Å². The molecule has 1 atom stereocenters. The van der Waals surface area contributed by atoms with Gasteiger partial charge in [-0.2, -0.15) is 0 Å². The second-order valence-electron chi connectivity index (χ2n) is 8.58. The molecule has 0 aliphatic carbocycles. The molecular weight excluding hydrogens is 474 g/mol. The van der Waals surface area contributed by atoms with Gasteiger partial charge in [-0.25, -0.2) is 23.5 Å². The van der Waals surface area contributed by atoms with Crippen molar-refractivity contribution in [3.8, 4) is 16.9 Å². The second-order valence-corrected chi connectivity index (χ2v) is 8.58. The lowest BCUT2D eigenvalue weighted by Crippen LogP contribution is -2.45. The zero-order valence-electron chi connectivity index (χ0n) is 19.2. The number of hydrogen-bond donors (Lipinski definition) is 2. The lowest BCUT2D eigenvalue weighted by molar-refractivity contribution is -0.0214. The summed E-state index contributed by atoms with van der Waals surface area (Å²) in [6.45, 7) is 2.48. The topological polar surface area (TPSA) is 128 Å². The number of carboxylic acid groups (broad SMARTS) is 1. The van der Waals surface area contributed by atoms with Gasteiger partial charge in [0.15, 0.2) is 0 Å². The van der Waals surface area contributed by atoms with Crippen LogP contribution in [0.3, 0.4) is 0 Å². The summed E-state index contributed by atoms with van der Waals surface area (Å²) < 4.78 is 39.7. The third-order valence-corrected chi connectivity index (χ3v) is 6.11. The summed E-state index contributed by atoms with van der Waals surface area (Å²) >= 11 is 0. The van der Waals surface area contributed by atoms with E-state index in [1.54, 1.807) is 16.7 Å². The molecule has 3 aromatic heterocycles. The van der Waals surface area contributed by atoms with Gasteiger partial charge in [0.25, 0.3) is 5.91 Å². The SMILES string of the molecule is Cc1ccn2c(CC3CN(C(=O)O)CCO3)c(-c3c(F)cc(-n4cnc(C(N)=O)c4)cc3F)nc2c1. The number of nitrogens with two attached hydrogens (primary N) is 1. The number of aromatic nitrogens is 4. The van der Waals surface area contributed by atoms with Crippen LogP contribution < -0.4 is 5.73 Å². The van der Waals surface area contributed by atoms with Crippen LogP contribution in [0.4, 0.5) is 13.6 Å². The summed E-state index contributed by atoms with van der Waals surface area (Å²) in [5.41, 5.74) is 6.96. The van der Waals surface area contributed by atoms with Crippen LogP contribution in [0, 0.1) is 18.6 Å². The molecule has 0 radical (unpaired) electrons. The van der Waals surface area contributed by atoms with Crippen LogP contribution in [0.2, 0.25) is 0 Å². The Morgan fingerprint density at radius 1 is 1.25 bits per heavy atom. The molecular formula is C24H22F2N6O4. The first-order chi connectivity index (χ1) is 17.2. The number of nitrogens with zero attached hydrogens (tertiary/aromatic N) is 5. The molecule has 3 N–H and O–H groups in total. The van der Waals surface area contributed by atoms with E-state index >= 15 is 8.78 Å². The Bertz CT molecular complexity index is 1470. The maximum absolute atomic E-state index is 15.5. The Hall–Kier alpha value is -4.32. The number of rotatable bonds is 5. The summed E-state index contributed by atoms with van der Waals surface area (Å²) in [5, 5.41) is 9.36. The molecule has 4 aromatic rings. The predicted octanol–water partition coefficient (Wildman–Crippen LogP) is 2.79. The van der Waals surface area contributed by atoms with E-state index in [-0.39, 0.29) is 48.8 Å². The van der Waals surface area contributed by atoms with Crippen molar-refractivity contribution >= 4 is 17.6 Å². The zero-order valence-corrected chi connectivity index (χ0v) is 19.2. The molecule has 186 valence electrons. The summed E-state index contributed by atoms with van der Waals surface area (Å²) in [7, 11) is 0. The minimum absolute atomic E-state index is 0.0409. The highest BCUT2D eigenvalue weighted by atomic mass is 19.1. The Morgan fingerprint density at radius 2 is 2.00 bits per heavy atom. The molecule has 2 amide bonds. The van der Waals surface area contributed by atoms with Crippen molar-refractivity contribution in [2.24, 2.45) is 5.73 Å². The summed E-state index contributed by atoms with van der Waals surface area (Å²) in [6.07, 6.45) is 2.90. The van der Waals surface area contributed by atoms with Crippen LogP contribution in [0.5, 0.6) is 0 Å². The number of carbonyl (C=O) groups excluding carboxylic acids is 1. The Labute approximate surface area is 203 Å². The second kappa shape index (κ2) is 9.04. The van der Waals surface area contributed by atoms with E-state index in [0.717, 1.165) is 17.7 Å². The van der Waals surface area contributed by atoms with Crippen LogP contribution in [0.1, 0.15) is 21.7 Å². The Morgan fingerprint density at radius 3 is 2.67 bits per heavy atom. The number of aryl methyl sites for hydroxylation is 1. The van der Waals surface area contributed by atoms with Crippen LogP contribution in [-0.2, 0) is 11.2 Å². The van der Waals surface area contributed by atoms with Gasteiger partial charge >= 0.3 is 6.09 Å². The van der Waals surface area contributed by atoms with Gasteiger partial charge in [-0.05, 0) is 36.8 Å². The number of ether oxygens (including phenoxy) is 1. The minimum Gasteiger partial charge on any atom is -0.465 e. The van der Waals surface area contributed by atoms with Gasteiger partial charge in [0, 0.05) is 25.4 Å². The number of fused-ring (bicyclic) bond motifs is 1. The van der Waals surface area contributed by atoms with E-state index in [0.29, 0.717) is 11.3 Å². The molecule has 0 saturated carbocycles. The lowest BCUT2D eigenvalue weighted by atomic mass is 10.0. The molecule has 1 aliphatic heterocycles. The summed E-state index contributed by atoms with van der Waals surface area (Å²) in [4.78, 5) is 32.4. The van der Waals surface area contributed by atoms with E-state index in [1.165, 1.54) is 22.0 Å². The van der Waals surface area contributed by atoms with E-state index in [1.807, 2.05) is 13.0 Å². The molecule has 1 saturated heterocycles. The fourth-order valence-electron chi connectivity index (χ4n) is 4.35. The standard InChI is InChI=1S/C24H22F2N6O4/c1-13-2-3-32-19(9-15-10-30(24(34)35)4-5-36-15)22(29-20(32)6-13)21-16(25)7-14(8-17(21)26)31-11-18(23(27)33)28-12-31/h2-3,6-8,11-12,15H,4-5,9-10H2,1H3,(H2,27,33)(H,34,35). The third kappa shape index (κ3) is 4.26. The molecule has 10 nitrogen and oxygen atoms in total. The van der Waals surface area contributed by atoms with Crippen LogP contribution >= 0.6 is 0 Å². The molecule has 5 rings (SSSR count). The number of benzene rings is 1. The van der Waals surface area contributed by atoms with E-state index in [9.17, 15) is 14.7 Å². The van der Waals surface area contributed by atoms with Crippen molar-refractivity contribution in [1.29, 1.82) is 0 Å².